The van der Waals surface area contributed by atoms with Gasteiger partial charge < -0.3 is 19.6 Å². The van der Waals surface area contributed by atoms with Crippen molar-refractivity contribution in [2.45, 2.75) is 26.4 Å². The van der Waals surface area contributed by atoms with E-state index in [1.165, 1.54) is 0 Å². The van der Waals surface area contributed by atoms with Crippen LogP contribution >= 0.6 is 0 Å². The zero-order valence-electron chi connectivity index (χ0n) is 22.8. The number of fused-ring (bicyclic) bond motifs is 1. The highest BCUT2D eigenvalue weighted by Gasteiger charge is 2.23. The molecule has 5 rings (SSSR count). The lowest BCUT2D eigenvalue weighted by molar-refractivity contribution is 0.0746. The zero-order chi connectivity index (χ0) is 28.3. The van der Waals surface area contributed by atoms with Gasteiger partial charge in [0.2, 0.25) is 0 Å². The summed E-state index contributed by atoms with van der Waals surface area (Å²) in [4.78, 5) is 21.8. The average Bonchev–Trinajstić information content (AvgIpc) is 3.39. The summed E-state index contributed by atoms with van der Waals surface area (Å²) in [7, 11) is 0. The first-order valence-corrected chi connectivity index (χ1v) is 13.2. The first-order valence-electron chi connectivity index (χ1n) is 13.2. The number of rotatable bonds is 5. The number of nitriles is 1. The average molecular weight is 535 g/mol. The van der Waals surface area contributed by atoms with Crippen LogP contribution in [-0.2, 0) is 0 Å². The van der Waals surface area contributed by atoms with E-state index in [1.807, 2.05) is 30.0 Å². The van der Waals surface area contributed by atoms with Gasteiger partial charge in [-0.05, 0) is 63.2 Å². The molecular formula is C31H30N6O3. The van der Waals surface area contributed by atoms with Crippen LogP contribution in [0.2, 0.25) is 0 Å². The number of amides is 1. The van der Waals surface area contributed by atoms with Crippen molar-refractivity contribution >= 4 is 17.2 Å². The molecule has 1 fully saturated rings. The molecule has 9 heteroatoms. The monoisotopic (exact) mass is 534 g/mol. The van der Waals surface area contributed by atoms with Crippen molar-refractivity contribution in [2.75, 3.05) is 37.7 Å². The van der Waals surface area contributed by atoms with Crippen LogP contribution in [0.5, 0.6) is 5.75 Å². The molecule has 1 amide bonds. The highest BCUT2D eigenvalue weighted by atomic mass is 16.5. The topological polar surface area (TPSA) is 107 Å². The Bertz CT molecular complexity index is 1630. The fourth-order valence-corrected chi connectivity index (χ4v) is 4.62. The number of nitrogens with zero attached hydrogens (tertiary/aromatic N) is 6. The Morgan fingerprint density at radius 2 is 1.85 bits per heavy atom. The van der Waals surface area contributed by atoms with E-state index in [2.05, 4.69) is 27.9 Å². The molecule has 1 aliphatic rings. The molecule has 4 aromatic rings. The number of aromatic nitrogens is 3. The minimum absolute atomic E-state index is 0.0164. The Morgan fingerprint density at radius 1 is 1.10 bits per heavy atom. The van der Waals surface area contributed by atoms with Crippen LogP contribution in [0.25, 0.3) is 16.6 Å². The molecule has 3 aromatic heterocycles. The smallest absolute Gasteiger partial charge is 0.253 e. The molecule has 0 bridgehead atoms. The molecule has 0 atom stereocenters. The lowest BCUT2D eigenvalue weighted by Gasteiger charge is -2.35. The van der Waals surface area contributed by atoms with Gasteiger partial charge in [0.15, 0.2) is 0 Å². The summed E-state index contributed by atoms with van der Waals surface area (Å²) in [6.45, 7) is 8.20. The third-order valence-corrected chi connectivity index (χ3v) is 6.61. The molecule has 1 N–H and O–H groups in total. The normalized spacial score (nSPS) is 13.5. The number of benzene rings is 1. The maximum Gasteiger partial charge on any atom is 0.253 e. The third kappa shape index (κ3) is 5.75. The van der Waals surface area contributed by atoms with Gasteiger partial charge in [-0.15, -0.1) is 0 Å². The molecule has 0 spiro atoms. The number of ether oxygens (including phenoxy) is 1. The lowest BCUT2D eigenvalue weighted by Crippen LogP contribution is -2.49. The number of aliphatic hydroxyl groups is 1. The lowest BCUT2D eigenvalue weighted by atomic mass is 10.1. The van der Waals surface area contributed by atoms with Crippen LogP contribution in [0.3, 0.4) is 0 Å². The molecular weight excluding hydrogens is 504 g/mol. The summed E-state index contributed by atoms with van der Waals surface area (Å²) >= 11 is 0. The number of piperazine rings is 1. The van der Waals surface area contributed by atoms with E-state index in [0.29, 0.717) is 55.2 Å². The van der Waals surface area contributed by atoms with E-state index in [0.717, 1.165) is 22.5 Å². The standard InChI is InChI=1S/C31H30N6O3/c1-4-40-26-17-27(29-25(18-32)20-34-37(29)21-26)24-9-10-28(33-19-24)35-13-15-36(16-14-35)30(38)23-7-5-22(6-8-23)11-12-31(2,3)39/h5-10,17,19-21,39H,4,13-16H2,1-3H3. The van der Waals surface area contributed by atoms with E-state index in [4.69, 9.17) is 9.72 Å². The molecule has 202 valence electrons. The summed E-state index contributed by atoms with van der Waals surface area (Å²) in [5.74, 6) is 7.19. The quantitative estimate of drug-likeness (QED) is 0.389. The zero-order valence-corrected chi connectivity index (χ0v) is 22.8. The van der Waals surface area contributed by atoms with Crippen molar-refractivity contribution in [1.29, 1.82) is 5.26 Å². The number of hydrogen-bond acceptors (Lipinski definition) is 7. The van der Waals surface area contributed by atoms with Crippen LogP contribution in [0, 0.1) is 23.2 Å². The van der Waals surface area contributed by atoms with Gasteiger partial charge in [0.05, 0.1) is 30.1 Å². The Labute approximate surface area is 233 Å². The maximum absolute atomic E-state index is 13.1. The molecule has 9 nitrogen and oxygen atoms in total. The largest absolute Gasteiger partial charge is 0.492 e. The third-order valence-electron chi connectivity index (χ3n) is 6.61. The van der Waals surface area contributed by atoms with Gasteiger partial charge in [0, 0.05) is 54.6 Å². The van der Waals surface area contributed by atoms with Crippen LogP contribution < -0.4 is 9.64 Å². The SMILES string of the molecule is CCOc1cc(-c2ccc(N3CCN(C(=O)c4ccc(C#CC(C)(C)O)cc4)CC3)nc2)c2c(C#N)cnn2c1. The highest BCUT2D eigenvalue weighted by molar-refractivity contribution is 5.94. The Kier molecular flexibility index (Phi) is 7.41. The van der Waals surface area contributed by atoms with Crippen LogP contribution in [0.4, 0.5) is 5.82 Å². The van der Waals surface area contributed by atoms with E-state index in [-0.39, 0.29) is 5.91 Å². The molecule has 1 saturated heterocycles. The Balaban J connectivity index is 1.27. The second-order valence-electron chi connectivity index (χ2n) is 10.1. The number of carbonyl (C=O) groups is 1. The van der Waals surface area contributed by atoms with E-state index in [1.54, 1.807) is 61.2 Å². The van der Waals surface area contributed by atoms with Gasteiger partial charge in [0.25, 0.3) is 5.91 Å². The summed E-state index contributed by atoms with van der Waals surface area (Å²) in [6.07, 6.45) is 5.12. The minimum Gasteiger partial charge on any atom is -0.492 e. The van der Waals surface area contributed by atoms with Crippen LogP contribution in [0.15, 0.2) is 61.1 Å². The molecule has 1 aliphatic heterocycles. The first kappa shape index (κ1) is 26.7. The number of carbonyl (C=O) groups excluding carboxylic acids is 1. The molecule has 1 aromatic carbocycles. The molecule has 4 heterocycles. The fourth-order valence-electron chi connectivity index (χ4n) is 4.62. The predicted molar refractivity (Wildman–Crippen MR) is 152 cm³/mol. The van der Waals surface area contributed by atoms with Crippen molar-refractivity contribution in [3.63, 3.8) is 0 Å². The molecule has 0 aliphatic carbocycles. The van der Waals surface area contributed by atoms with Crippen molar-refractivity contribution in [3.05, 3.63) is 77.7 Å². The first-order chi connectivity index (χ1) is 19.3. The summed E-state index contributed by atoms with van der Waals surface area (Å²) in [6, 6.07) is 15.2. The Hall–Kier alpha value is -4.86. The van der Waals surface area contributed by atoms with Crippen molar-refractivity contribution in [3.8, 4) is 34.8 Å². The van der Waals surface area contributed by atoms with Crippen molar-refractivity contribution in [2.24, 2.45) is 0 Å². The van der Waals surface area contributed by atoms with Gasteiger partial charge in [-0.25, -0.2) is 9.50 Å². The molecule has 40 heavy (non-hydrogen) atoms. The van der Waals surface area contributed by atoms with E-state index in [9.17, 15) is 15.2 Å². The second kappa shape index (κ2) is 11.1. The van der Waals surface area contributed by atoms with Crippen LogP contribution in [0.1, 0.15) is 42.3 Å². The molecule has 0 unspecified atom stereocenters. The molecule has 0 radical (unpaired) electrons. The van der Waals surface area contributed by atoms with Crippen molar-refractivity contribution < 1.29 is 14.6 Å². The van der Waals surface area contributed by atoms with Gasteiger partial charge in [0.1, 0.15) is 23.2 Å². The van der Waals surface area contributed by atoms with Crippen LogP contribution in [-0.4, -0.2) is 68.9 Å². The molecule has 0 saturated carbocycles. The highest BCUT2D eigenvalue weighted by Crippen LogP contribution is 2.31. The van der Waals surface area contributed by atoms with Crippen molar-refractivity contribution in [1.82, 2.24) is 19.5 Å². The van der Waals surface area contributed by atoms with E-state index < -0.39 is 5.60 Å². The summed E-state index contributed by atoms with van der Waals surface area (Å²) in [5, 5.41) is 23.7. The predicted octanol–water partition coefficient (Wildman–Crippen LogP) is 3.75. The maximum atomic E-state index is 13.1. The fraction of sp³-hybridized carbons (Fsp3) is 0.290. The minimum atomic E-state index is -1.06. The van der Waals surface area contributed by atoms with Gasteiger partial charge in [-0.1, -0.05) is 11.8 Å². The second-order valence-corrected chi connectivity index (χ2v) is 10.1. The summed E-state index contributed by atoms with van der Waals surface area (Å²) in [5.41, 5.74) is 3.18. The number of anilines is 1. The number of hydrogen-bond donors (Lipinski definition) is 1. The summed E-state index contributed by atoms with van der Waals surface area (Å²) < 4.78 is 7.37. The van der Waals surface area contributed by atoms with E-state index >= 15 is 0 Å². The van der Waals surface area contributed by atoms with Gasteiger partial charge in [-0.2, -0.15) is 10.4 Å². The Morgan fingerprint density at radius 3 is 2.48 bits per heavy atom. The number of pyridine rings is 2. The van der Waals surface area contributed by atoms with Gasteiger partial charge >= 0.3 is 0 Å². The van der Waals surface area contributed by atoms with Gasteiger partial charge in [-0.3, -0.25) is 4.79 Å².